The van der Waals surface area contributed by atoms with E-state index in [9.17, 15) is 4.79 Å². The first-order valence-electron chi connectivity index (χ1n) is 12.0. The molecule has 0 aromatic rings. The summed E-state index contributed by atoms with van der Waals surface area (Å²) in [5, 5.41) is 0. The Balaban J connectivity index is 3.21. The van der Waals surface area contributed by atoms with Crippen LogP contribution in [0.5, 0.6) is 0 Å². The lowest BCUT2D eigenvalue weighted by Gasteiger charge is -2.06. The van der Waals surface area contributed by atoms with Crippen LogP contribution in [0.2, 0.25) is 0 Å². The molecule has 0 N–H and O–H groups in total. The van der Waals surface area contributed by atoms with Crippen LogP contribution >= 0.6 is 0 Å². The van der Waals surface area contributed by atoms with Gasteiger partial charge in [0, 0.05) is 6.42 Å². The lowest BCUT2D eigenvalue weighted by Crippen LogP contribution is -2.05. The first kappa shape index (κ1) is 26.2. The quantitative estimate of drug-likeness (QED) is 0.120. The maximum Gasteiger partial charge on any atom is 0.305 e. The summed E-state index contributed by atoms with van der Waals surface area (Å²) >= 11 is 0. The Hall–Kier alpha value is -0.790. The summed E-state index contributed by atoms with van der Waals surface area (Å²) < 4.78 is 5.29. The molecule has 0 radical (unpaired) electrons. The van der Waals surface area contributed by atoms with Crippen LogP contribution in [0, 0.1) is 5.92 Å². The number of allylic oxidation sites excluding steroid dienone is 2. The van der Waals surface area contributed by atoms with E-state index in [1.807, 2.05) is 0 Å². The Morgan fingerprint density at radius 3 is 1.89 bits per heavy atom. The summed E-state index contributed by atoms with van der Waals surface area (Å²) in [6.07, 6.45) is 25.5. The molecule has 0 unspecified atom stereocenters. The predicted octanol–water partition coefficient (Wildman–Crippen LogP) is 8.39. The van der Waals surface area contributed by atoms with Crippen molar-refractivity contribution in [1.29, 1.82) is 0 Å². The second-order valence-corrected chi connectivity index (χ2v) is 8.44. The van der Waals surface area contributed by atoms with Gasteiger partial charge in [0.1, 0.15) is 0 Å². The van der Waals surface area contributed by atoms with E-state index < -0.39 is 0 Å². The van der Waals surface area contributed by atoms with Crippen molar-refractivity contribution >= 4 is 5.97 Å². The monoisotopic (exact) mass is 380 g/mol. The maximum atomic E-state index is 11.6. The molecule has 0 rings (SSSR count). The molecule has 0 aromatic heterocycles. The van der Waals surface area contributed by atoms with Gasteiger partial charge in [-0.1, -0.05) is 90.7 Å². The van der Waals surface area contributed by atoms with Gasteiger partial charge in [-0.05, 0) is 50.9 Å². The highest BCUT2D eigenvalue weighted by Crippen LogP contribution is 2.11. The van der Waals surface area contributed by atoms with Gasteiger partial charge in [0.2, 0.25) is 0 Å². The minimum Gasteiger partial charge on any atom is -0.466 e. The normalized spacial score (nSPS) is 11.6. The molecule has 0 saturated carbocycles. The Morgan fingerprint density at radius 2 is 1.30 bits per heavy atom. The van der Waals surface area contributed by atoms with Gasteiger partial charge in [-0.25, -0.2) is 0 Å². The summed E-state index contributed by atoms with van der Waals surface area (Å²) in [5.74, 6) is 0.744. The summed E-state index contributed by atoms with van der Waals surface area (Å²) in [6, 6.07) is 0. The number of carbonyl (C=O) groups excluding carboxylic acids is 1. The predicted molar refractivity (Wildman–Crippen MR) is 119 cm³/mol. The molecule has 27 heavy (non-hydrogen) atoms. The van der Waals surface area contributed by atoms with E-state index in [2.05, 4.69) is 32.9 Å². The summed E-state index contributed by atoms with van der Waals surface area (Å²) in [4.78, 5) is 11.6. The lowest BCUT2D eigenvalue weighted by atomic mass is 10.1. The average molecular weight is 381 g/mol. The molecule has 0 aromatic carbocycles. The zero-order chi connectivity index (χ0) is 20.0. The number of hydrogen-bond donors (Lipinski definition) is 0. The molecule has 0 aliphatic heterocycles. The third-order valence-electron chi connectivity index (χ3n) is 5.08. The van der Waals surface area contributed by atoms with Crippen LogP contribution in [-0.2, 0) is 9.53 Å². The van der Waals surface area contributed by atoms with Gasteiger partial charge < -0.3 is 4.74 Å². The number of carbonyl (C=O) groups is 1. The fourth-order valence-electron chi connectivity index (χ4n) is 3.25. The third kappa shape index (κ3) is 23.2. The lowest BCUT2D eigenvalue weighted by molar-refractivity contribution is -0.143. The van der Waals surface area contributed by atoms with Crippen molar-refractivity contribution in [3.05, 3.63) is 12.2 Å². The van der Waals surface area contributed by atoms with Crippen molar-refractivity contribution < 1.29 is 9.53 Å². The number of hydrogen-bond acceptors (Lipinski definition) is 2. The first-order valence-corrected chi connectivity index (χ1v) is 12.0. The molecule has 0 fully saturated rings. The average Bonchev–Trinajstić information content (AvgIpc) is 2.64. The molecule has 160 valence electrons. The van der Waals surface area contributed by atoms with Crippen LogP contribution in [-0.4, -0.2) is 12.6 Å². The molecule has 0 heterocycles. The topological polar surface area (TPSA) is 26.3 Å². The second kappa shape index (κ2) is 21.5. The fourth-order valence-corrected chi connectivity index (χ4v) is 3.25. The van der Waals surface area contributed by atoms with Crippen LogP contribution < -0.4 is 0 Å². The Bertz CT molecular complexity index is 333. The van der Waals surface area contributed by atoms with E-state index in [1.165, 1.54) is 83.5 Å². The molecule has 0 aliphatic rings. The van der Waals surface area contributed by atoms with E-state index in [0.29, 0.717) is 13.0 Å². The SMILES string of the molecule is CCCCCCCC/C=C/CCCCCCCC(=O)OCCCCC(C)C. The summed E-state index contributed by atoms with van der Waals surface area (Å²) in [5.41, 5.74) is 0. The number of esters is 1. The molecular weight excluding hydrogens is 332 g/mol. The Kier molecular flexibility index (Phi) is 20.9. The number of ether oxygens (including phenoxy) is 1. The molecular formula is C25H48O2. The van der Waals surface area contributed by atoms with Gasteiger partial charge >= 0.3 is 5.97 Å². The summed E-state index contributed by atoms with van der Waals surface area (Å²) in [7, 11) is 0. The van der Waals surface area contributed by atoms with Crippen LogP contribution in [0.3, 0.4) is 0 Å². The van der Waals surface area contributed by atoms with Crippen LogP contribution in [0.1, 0.15) is 130 Å². The van der Waals surface area contributed by atoms with Crippen LogP contribution in [0.15, 0.2) is 12.2 Å². The molecule has 0 aliphatic carbocycles. The second-order valence-electron chi connectivity index (χ2n) is 8.44. The van der Waals surface area contributed by atoms with Gasteiger partial charge in [0.25, 0.3) is 0 Å². The smallest absolute Gasteiger partial charge is 0.305 e. The molecule has 2 heteroatoms. The number of rotatable bonds is 20. The largest absolute Gasteiger partial charge is 0.466 e. The molecule has 0 spiro atoms. The zero-order valence-corrected chi connectivity index (χ0v) is 18.8. The van der Waals surface area contributed by atoms with Gasteiger partial charge in [0.05, 0.1) is 6.61 Å². The molecule has 2 nitrogen and oxygen atoms in total. The standard InChI is InChI=1S/C25H48O2/c1-4-5-6-7-8-9-10-11-12-13-14-15-16-17-18-22-25(26)27-23-20-19-21-24(2)3/h11-12,24H,4-10,13-23H2,1-3H3/b12-11+. The van der Waals surface area contributed by atoms with Crippen LogP contribution in [0.4, 0.5) is 0 Å². The van der Waals surface area contributed by atoms with Gasteiger partial charge in [-0.2, -0.15) is 0 Å². The van der Waals surface area contributed by atoms with E-state index in [-0.39, 0.29) is 5.97 Å². The minimum atomic E-state index is -0.00262. The fraction of sp³-hybridized carbons (Fsp3) is 0.880. The van der Waals surface area contributed by atoms with E-state index in [0.717, 1.165) is 25.2 Å². The number of unbranched alkanes of at least 4 members (excludes halogenated alkanes) is 12. The Morgan fingerprint density at radius 1 is 0.741 bits per heavy atom. The van der Waals surface area contributed by atoms with Gasteiger partial charge in [-0.15, -0.1) is 0 Å². The van der Waals surface area contributed by atoms with Crippen molar-refractivity contribution in [1.82, 2.24) is 0 Å². The summed E-state index contributed by atoms with van der Waals surface area (Å²) in [6.45, 7) is 7.35. The van der Waals surface area contributed by atoms with Crippen molar-refractivity contribution in [2.75, 3.05) is 6.61 Å². The Labute approximate surface area is 170 Å². The van der Waals surface area contributed by atoms with Crippen molar-refractivity contribution in [2.24, 2.45) is 5.92 Å². The molecule has 0 bridgehead atoms. The third-order valence-corrected chi connectivity index (χ3v) is 5.08. The highest BCUT2D eigenvalue weighted by molar-refractivity contribution is 5.69. The highest BCUT2D eigenvalue weighted by Gasteiger charge is 2.02. The zero-order valence-electron chi connectivity index (χ0n) is 18.8. The molecule has 0 atom stereocenters. The molecule has 0 saturated heterocycles. The van der Waals surface area contributed by atoms with Gasteiger partial charge in [0.15, 0.2) is 0 Å². The first-order chi connectivity index (χ1) is 13.2. The maximum absolute atomic E-state index is 11.6. The van der Waals surface area contributed by atoms with Gasteiger partial charge in [-0.3, -0.25) is 4.79 Å². The van der Waals surface area contributed by atoms with E-state index >= 15 is 0 Å². The van der Waals surface area contributed by atoms with E-state index in [4.69, 9.17) is 4.74 Å². The minimum absolute atomic E-state index is 0.00262. The highest BCUT2D eigenvalue weighted by atomic mass is 16.5. The van der Waals surface area contributed by atoms with Crippen molar-refractivity contribution in [2.45, 2.75) is 130 Å². The van der Waals surface area contributed by atoms with Crippen molar-refractivity contribution in [3.8, 4) is 0 Å². The van der Waals surface area contributed by atoms with Crippen molar-refractivity contribution in [3.63, 3.8) is 0 Å². The van der Waals surface area contributed by atoms with E-state index in [1.54, 1.807) is 0 Å². The molecule has 0 amide bonds. The van der Waals surface area contributed by atoms with Crippen LogP contribution in [0.25, 0.3) is 0 Å².